The van der Waals surface area contributed by atoms with Crippen LogP contribution in [0.2, 0.25) is 0 Å². The predicted octanol–water partition coefficient (Wildman–Crippen LogP) is 2.32. The fraction of sp³-hybridized carbons (Fsp3) is 0.125. The van der Waals surface area contributed by atoms with Crippen LogP contribution in [0, 0.1) is 17.0 Å². The third-order valence-electron chi connectivity index (χ3n) is 3.35. The van der Waals surface area contributed by atoms with E-state index in [-0.39, 0.29) is 18.1 Å². The van der Waals surface area contributed by atoms with E-state index in [1.54, 1.807) is 43.3 Å². The van der Waals surface area contributed by atoms with Gasteiger partial charge in [0.2, 0.25) is 0 Å². The zero-order chi connectivity index (χ0) is 17.7. The number of urea groups is 1. The summed E-state index contributed by atoms with van der Waals surface area (Å²) in [5.41, 5.74) is 6.97. The predicted molar refractivity (Wildman–Crippen MR) is 88.7 cm³/mol. The smallest absolute Gasteiger partial charge is 0.312 e. The molecule has 8 heteroatoms. The quantitative estimate of drug-likeness (QED) is 0.575. The lowest BCUT2D eigenvalue weighted by molar-refractivity contribution is -0.385. The fourth-order valence-electron chi connectivity index (χ4n) is 2.05. The lowest BCUT2D eigenvalue weighted by Gasteiger charge is -2.07. The minimum Gasteiger partial charge on any atom is -0.352 e. The van der Waals surface area contributed by atoms with E-state index in [1.165, 1.54) is 6.07 Å². The van der Waals surface area contributed by atoms with E-state index in [0.29, 0.717) is 16.8 Å². The van der Waals surface area contributed by atoms with Gasteiger partial charge in [-0.3, -0.25) is 14.9 Å². The maximum atomic E-state index is 12.2. The highest BCUT2D eigenvalue weighted by atomic mass is 16.6. The van der Waals surface area contributed by atoms with E-state index in [4.69, 9.17) is 5.73 Å². The molecule has 0 saturated heterocycles. The van der Waals surface area contributed by atoms with Gasteiger partial charge < -0.3 is 16.4 Å². The van der Waals surface area contributed by atoms with Crippen LogP contribution in [0.25, 0.3) is 0 Å². The largest absolute Gasteiger partial charge is 0.352 e. The molecule has 0 aliphatic rings. The Morgan fingerprint density at radius 1 is 1.17 bits per heavy atom. The number of aryl methyl sites for hydroxylation is 1. The number of nitro benzene ring substituents is 1. The van der Waals surface area contributed by atoms with Crippen molar-refractivity contribution in [1.29, 1.82) is 0 Å². The van der Waals surface area contributed by atoms with E-state index in [2.05, 4.69) is 10.6 Å². The number of rotatable bonds is 5. The van der Waals surface area contributed by atoms with Crippen molar-refractivity contribution in [1.82, 2.24) is 5.32 Å². The number of carbonyl (C=O) groups is 2. The fourth-order valence-corrected chi connectivity index (χ4v) is 2.05. The molecule has 0 unspecified atom stereocenters. The highest BCUT2D eigenvalue weighted by Gasteiger charge is 2.13. The van der Waals surface area contributed by atoms with Gasteiger partial charge in [-0.2, -0.15) is 0 Å². The number of amides is 3. The Kier molecular flexibility index (Phi) is 5.10. The summed E-state index contributed by atoms with van der Waals surface area (Å²) in [7, 11) is 0. The minimum atomic E-state index is -0.627. The molecule has 0 heterocycles. The summed E-state index contributed by atoms with van der Waals surface area (Å²) < 4.78 is 0. The molecule has 0 atom stereocenters. The van der Waals surface area contributed by atoms with Crippen LogP contribution in [0.5, 0.6) is 0 Å². The molecule has 24 heavy (non-hydrogen) atoms. The van der Waals surface area contributed by atoms with E-state index in [1.807, 2.05) is 0 Å². The van der Waals surface area contributed by atoms with Crippen LogP contribution in [0.4, 0.5) is 16.2 Å². The molecule has 2 rings (SSSR count). The van der Waals surface area contributed by atoms with Crippen LogP contribution in [0.1, 0.15) is 21.5 Å². The van der Waals surface area contributed by atoms with Gasteiger partial charge in [-0.25, -0.2) is 4.79 Å². The molecule has 0 fully saturated rings. The normalized spacial score (nSPS) is 10.0. The number of anilines is 1. The van der Waals surface area contributed by atoms with Gasteiger partial charge in [0.05, 0.1) is 4.92 Å². The Hall–Kier alpha value is -3.42. The Labute approximate surface area is 137 Å². The van der Waals surface area contributed by atoms with Gasteiger partial charge in [-0.05, 0) is 30.7 Å². The van der Waals surface area contributed by atoms with Crippen molar-refractivity contribution in [2.24, 2.45) is 5.73 Å². The van der Waals surface area contributed by atoms with Crippen LogP contribution in [0.15, 0.2) is 42.5 Å². The monoisotopic (exact) mass is 328 g/mol. The number of nitro groups is 1. The molecule has 0 aliphatic heterocycles. The first-order chi connectivity index (χ1) is 11.4. The molecule has 0 aliphatic carbocycles. The first-order valence-corrected chi connectivity index (χ1v) is 7.05. The molecule has 0 bridgehead atoms. The second-order valence-electron chi connectivity index (χ2n) is 5.13. The molecule has 3 amide bonds. The molecule has 0 radical (unpaired) electrons. The topological polar surface area (TPSA) is 127 Å². The molecular weight excluding hydrogens is 312 g/mol. The van der Waals surface area contributed by atoms with Crippen LogP contribution in [-0.4, -0.2) is 16.9 Å². The average molecular weight is 328 g/mol. The molecule has 0 saturated carbocycles. The highest BCUT2D eigenvalue weighted by molar-refractivity contribution is 6.04. The molecule has 8 nitrogen and oxygen atoms in total. The summed E-state index contributed by atoms with van der Waals surface area (Å²) in [4.78, 5) is 33.3. The number of benzene rings is 2. The van der Waals surface area contributed by atoms with Gasteiger partial charge in [-0.15, -0.1) is 0 Å². The lowest BCUT2D eigenvalue weighted by atomic mass is 10.1. The zero-order valence-electron chi connectivity index (χ0n) is 12.9. The van der Waals surface area contributed by atoms with E-state index < -0.39 is 11.0 Å². The Bertz CT molecular complexity index is 787. The van der Waals surface area contributed by atoms with Gasteiger partial charge in [0, 0.05) is 29.4 Å². The summed E-state index contributed by atoms with van der Waals surface area (Å²) >= 11 is 0. The number of hydrogen-bond donors (Lipinski definition) is 3. The number of nitrogens with zero attached hydrogens (tertiary/aromatic N) is 1. The summed E-state index contributed by atoms with van der Waals surface area (Å²) in [6.45, 7) is 1.89. The minimum absolute atomic E-state index is 0.0549. The first-order valence-electron chi connectivity index (χ1n) is 7.05. The van der Waals surface area contributed by atoms with Gasteiger partial charge >= 0.3 is 6.03 Å². The van der Waals surface area contributed by atoms with Crippen LogP contribution in [0.3, 0.4) is 0 Å². The Morgan fingerprint density at radius 2 is 1.83 bits per heavy atom. The lowest BCUT2D eigenvalue weighted by Crippen LogP contribution is -2.28. The molecule has 0 aromatic heterocycles. The van der Waals surface area contributed by atoms with Crippen molar-refractivity contribution < 1.29 is 14.5 Å². The third kappa shape index (κ3) is 4.29. The van der Waals surface area contributed by atoms with Crippen molar-refractivity contribution >= 4 is 23.3 Å². The average Bonchev–Trinajstić information content (AvgIpc) is 2.54. The highest BCUT2D eigenvalue weighted by Crippen LogP contribution is 2.22. The molecule has 124 valence electrons. The summed E-state index contributed by atoms with van der Waals surface area (Å²) in [5, 5.41) is 16.0. The first kappa shape index (κ1) is 16.9. The van der Waals surface area contributed by atoms with E-state index in [9.17, 15) is 19.7 Å². The maximum Gasteiger partial charge on any atom is 0.312 e. The van der Waals surface area contributed by atoms with Crippen LogP contribution in [-0.2, 0) is 6.54 Å². The molecule has 2 aromatic carbocycles. The Morgan fingerprint density at radius 3 is 2.42 bits per heavy atom. The van der Waals surface area contributed by atoms with Crippen LogP contribution >= 0.6 is 0 Å². The van der Waals surface area contributed by atoms with Gasteiger partial charge in [0.15, 0.2) is 0 Å². The van der Waals surface area contributed by atoms with Gasteiger partial charge in [-0.1, -0.05) is 18.2 Å². The van der Waals surface area contributed by atoms with Crippen molar-refractivity contribution in [2.45, 2.75) is 13.5 Å². The summed E-state index contributed by atoms with van der Waals surface area (Å²) in [6, 6.07) is 10.4. The van der Waals surface area contributed by atoms with Crippen molar-refractivity contribution in [3.05, 3.63) is 69.3 Å². The number of primary amides is 1. The molecule has 4 N–H and O–H groups in total. The van der Waals surface area contributed by atoms with Crippen LogP contribution < -0.4 is 16.4 Å². The van der Waals surface area contributed by atoms with Gasteiger partial charge in [0.25, 0.3) is 11.6 Å². The standard InChI is InChI=1S/C16H16N4O4/c1-10-2-7-13(8-14(10)20(23)24)19-15(21)12-5-3-11(4-6-12)9-18-16(17)22/h2-8H,9H2,1H3,(H,19,21)(H3,17,18,22). The number of hydrogen-bond acceptors (Lipinski definition) is 4. The second kappa shape index (κ2) is 7.23. The van der Waals surface area contributed by atoms with E-state index >= 15 is 0 Å². The van der Waals surface area contributed by atoms with E-state index in [0.717, 1.165) is 5.56 Å². The summed E-state index contributed by atoms with van der Waals surface area (Å²) in [6.07, 6.45) is 0. The van der Waals surface area contributed by atoms with Crippen molar-refractivity contribution in [2.75, 3.05) is 5.32 Å². The number of nitrogens with one attached hydrogen (secondary N) is 2. The third-order valence-corrected chi connectivity index (χ3v) is 3.35. The zero-order valence-corrected chi connectivity index (χ0v) is 12.9. The molecule has 0 spiro atoms. The summed E-state index contributed by atoms with van der Waals surface area (Å²) in [5.74, 6) is -0.387. The molecule has 2 aromatic rings. The number of nitrogens with two attached hydrogens (primary N) is 1. The maximum absolute atomic E-state index is 12.2. The number of carbonyl (C=O) groups excluding carboxylic acids is 2. The molecular formula is C16H16N4O4. The SMILES string of the molecule is Cc1ccc(NC(=O)c2ccc(CNC(N)=O)cc2)cc1[N+](=O)[O-]. The van der Waals surface area contributed by atoms with Crippen molar-refractivity contribution in [3.8, 4) is 0 Å². The second-order valence-corrected chi connectivity index (χ2v) is 5.13. The van der Waals surface area contributed by atoms with Crippen molar-refractivity contribution in [3.63, 3.8) is 0 Å². The Balaban J connectivity index is 2.08. The van der Waals surface area contributed by atoms with Gasteiger partial charge in [0.1, 0.15) is 0 Å².